The Kier molecular flexibility index (Phi) is 3.34. The lowest BCUT2D eigenvalue weighted by molar-refractivity contribution is -0.137. The molecular weight excluding hydrogens is 246 g/mol. The van der Waals surface area contributed by atoms with Gasteiger partial charge in [-0.3, -0.25) is 9.78 Å². The van der Waals surface area contributed by atoms with Gasteiger partial charge in [0.15, 0.2) is 0 Å². The van der Waals surface area contributed by atoms with Crippen LogP contribution < -0.4 is 0 Å². The predicted molar refractivity (Wildman–Crippen MR) is 58.5 cm³/mol. The molecule has 0 atom stereocenters. The van der Waals surface area contributed by atoms with Gasteiger partial charge in [-0.05, 0) is 12.1 Å². The summed E-state index contributed by atoms with van der Waals surface area (Å²) in [6, 6.07) is 3.36. The Morgan fingerprint density at radius 3 is 3.06 bits per heavy atom. The van der Waals surface area contributed by atoms with Crippen LogP contribution in [0.25, 0.3) is 11.5 Å². The van der Waals surface area contributed by atoms with Crippen LogP contribution in [-0.4, -0.2) is 26.2 Å². The number of nitrogens with zero attached hydrogens (tertiary/aromatic N) is 3. The van der Waals surface area contributed by atoms with E-state index in [9.17, 15) is 4.79 Å². The molecule has 88 valence electrons. The number of rotatable bonds is 4. The zero-order valence-electron chi connectivity index (χ0n) is 8.63. The Labute approximate surface area is 101 Å². The van der Waals surface area contributed by atoms with Crippen molar-refractivity contribution in [1.82, 2.24) is 15.1 Å². The molecule has 6 nitrogen and oxygen atoms in total. The molecule has 0 saturated heterocycles. The molecule has 0 aliphatic heterocycles. The van der Waals surface area contributed by atoms with Crippen molar-refractivity contribution in [2.24, 2.45) is 0 Å². The second kappa shape index (κ2) is 4.92. The van der Waals surface area contributed by atoms with E-state index in [0.717, 1.165) is 0 Å². The zero-order valence-corrected chi connectivity index (χ0v) is 9.39. The minimum absolute atomic E-state index is 0.0580. The van der Waals surface area contributed by atoms with E-state index in [-0.39, 0.29) is 24.6 Å². The van der Waals surface area contributed by atoms with Gasteiger partial charge in [0.25, 0.3) is 0 Å². The maximum atomic E-state index is 10.4. The van der Waals surface area contributed by atoms with Crippen molar-refractivity contribution in [2.45, 2.75) is 12.8 Å². The van der Waals surface area contributed by atoms with Crippen LogP contribution in [0.5, 0.6) is 0 Å². The molecule has 0 amide bonds. The number of halogens is 1. The summed E-state index contributed by atoms with van der Waals surface area (Å²) in [6.45, 7) is 0. The summed E-state index contributed by atoms with van der Waals surface area (Å²) < 4.78 is 4.90. The number of hydrogen-bond donors (Lipinski definition) is 1. The van der Waals surface area contributed by atoms with Crippen LogP contribution in [0.3, 0.4) is 0 Å². The summed E-state index contributed by atoms with van der Waals surface area (Å²) in [6.07, 6.45) is 1.69. The maximum absolute atomic E-state index is 10.4. The number of carboxylic acids is 1. The summed E-state index contributed by atoms with van der Waals surface area (Å²) in [7, 11) is 0. The van der Waals surface area contributed by atoms with E-state index in [1.807, 2.05) is 0 Å². The van der Waals surface area contributed by atoms with Crippen LogP contribution in [0.15, 0.2) is 22.9 Å². The standard InChI is InChI=1S/C10H8ClN3O3/c11-6-2-1-5-12-9(6)10-13-7(17-14-10)3-4-8(15)16/h1-2,5H,3-4H2,(H,15,16). The van der Waals surface area contributed by atoms with Crippen LogP contribution in [0.4, 0.5) is 0 Å². The van der Waals surface area contributed by atoms with Crippen LogP contribution >= 0.6 is 11.6 Å². The Balaban J connectivity index is 2.18. The Morgan fingerprint density at radius 1 is 1.53 bits per heavy atom. The van der Waals surface area contributed by atoms with Crippen molar-refractivity contribution in [3.63, 3.8) is 0 Å². The highest BCUT2D eigenvalue weighted by molar-refractivity contribution is 6.32. The van der Waals surface area contributed by atoms with Crippen molar-refractivity contribution in [3.8, 4) is 11.5 Å². The molecule has 0 spiro atoms. The van der Waals surface area contributed by atoms with E-state index in [2.05, 4.69) is 15.1 Å². The molecule has 7 heteroatoms. The number of aliphatic carboxylic acids is 1. The SMILES string of the molecule is O=C(O)CCc1nc(-c2ncccc2Cl)no1. The van der Waals surface area contributed by atoms with E-state index < -0.39 is 5.97 Å². The third-order valence-electron chi connectivity index (χ3n) is 1.99. The van der Waals surface area contributed by atoms with Gasteiger partial charge in [0.05, 0.1) is 11.4 Å². The molecule has 0 unspecified atom stereocenters. The fourth-order valence-electron chi connectivity index (χ4n) is 1.22. The zero-order chi connectivity index (χ0) is 12.3. The molecule has 2 aromatic rings. The third kappa shape index (κ3) is 2.79. The normalized spacial score (nSPS) is 10.4. The van der Waals surface area contributed by atoms with Gasteiger partial charge >= 0.3 is 5.97 Å². The summed E-state index contributed by atoms with van der Waals surface area (Å²) in [4.78, 5) is 18.4. The van der Waals surface area contributed by atoms with E-state index >= 15 is 0 Å². The minimum atomic E-state index is -0.916. The first-order chi connectivity index (χ1) is 8.16. The molecule has 0 aromatic carbocycles. The average molecular weight is 254 g/mol. The lowest BCUT2D eigenvalue weighted by atomic mass is 10.3. The fourth-order valence-corrected chi connectivity index (χ4v) is 1.42. The van der Waals surface area contributed by atoms with Gasteiger partial charge in [-0.1, -0.05) is 16.8 Å². The quantitative estimate of drug-likeness (QED) is 0.894. The lowest BCUT2D eigenvalue weighted by Crippen LogP contribution is -1.97. The first-order valence-electron chi connectivity index (χ1n) is 4.82. The maximum Gasteiger partial charge on any atom is 0.303 e. The predicted octanol–water partition coefficient (Wildman–Crippen LogP) is 1.80. The van der Waals surface area contributed by atoms with Crippen molar-refractivity contribution in [2.75, 3.05) is 0 Å². The number of carbonyl (C=O) groups is 1. The van der Waals surface area contributed by atoms with Crippen molar-refractivity contribution >= 4 is 17.6 Å². The topological polar surface area (TPSA) is 89.1 Å². The summed E-state index contributed by atoms with van der Waals surface area (Å²) in [5, 5.41) is 12.6. The van der Waals surface area contributed by atoms with Gasteiger partial charge in [-0.2, -0.15) is 4.98 Å². The second-order valence-electron chi connectivity index (χ2n) is 3.24. The van der Waals surface area contributed by atoms with Gasteiger partial charge in [-0.15, -0.1) is 0 Å². The smallest absolute Gasteiger partial charge is 0.303 e. The van der Waals surface area contributed by atoms with Gasteiger partial charge in [0.1, 0.15) is 5.69 Å². The van der Waals surface area contributed by atoms with Gasteiger partial charge < -0.3 is 9.63 Å². The molecule has 2 heterocycles. The highest BCUT2D eigenvalue weighted by Crippen LogP contribution is 2.22. The molecule has 2 aromatic heterocycles. The average Bonchev–Trinajstić information content (AvgIpc) is 2.75. The van der Waals surface area contributed by atoms with Crippen molar-refractivity contribution < 1.29 is 14.4 Å². The molecular formula is C10H8ClN3O3. The monoisotopic (exact) mass is 253 g/mol. The minimum Gasteiger partial charge on any atom is -0.481 e. The first-order valence-corrected chi connectivity index (χ1v) is 5.20. The van der Waals surface area contributed by atoms with E-state index in [0.29, 0.717) is 10.7 Å². The van der Waals surface area contributed by atoms with E-state index in [1.165, 1.54) is 0 Å². The van der Waals surface area contributed by atoms with Crippen LogP contribution in [0.1, 0.15) is 12.3 Å². The van der Waals surface area contributed by atoms with Crippen molar-refractivity contribution in [1.29, 1.82) is 0 Å². The lowest BCUT2D eigenvalue weighted by Gasteiger charge is -1.94. The highest BCUT2D eigenvalue weighted by atomic mass is 35.5. The third-order valence-corrected chi connectivity index (χ3v) is 2.30. The highest BCUT2D eigenvalue weighted by Gasteiger charge is 2.13. The second-order valence-corrected chi connectivity index (χ2v) is 3.65. The number of aromatic nitrogens is 3. The molecule has 0 bridgehead atoms. The molecule has 1 N–H and O–H groups in total. The number of carboxylic acid groups (broad SMARTS) is 1. The number of pyridine rings is 1. The van der Waals surface area contributed by atoms with Gasteiger partial charge in [-0.25, -0.2) is 0 Å². The van der Waals surface area contributed by atoms with Crippen LogP contribution in [0, 0.1) is 0 Å². The van der Waals surface area contributed by atoms with Gasteiger partial charge in [0.2, 0.25) is 11.7 Å². The Morgan fingerprint density at radius 2 is 2.35 bits per heavy atom. The van der Waals surface area contributed by atoms with Crippen LogP contribution in [0.2, 0.25) is 5.02 Å². The number of hydrogen-bond acceptors (Lipinski definition) is 5. The molecule has 0 saturated carbocycles. The summed E-state index contributed by atoms with van der Waals surface area (Å²) in [5.74, 6) is -0.402. The molecule has 0 aliphatic carbocycles. The molecule has 0 aliphatic rings. The largest absolute Gasteiger partial charge is 0.481 e. The number of aryl methyl sites for hydroxylation is 1. The van der Waals surface area contributed by atoms with Gasteiger partial charge in [0, 0.05) is 12.6 Å². The molecule has 0 fully saturated rings. The Hall–Kier alpha value is -1.95. The summed E-state index contributed by atoms with van der Waals surface area (Å²) >= 11 is 5.92. The molecule has 0 radical (unpaired) electrons. The first kappa shape index (κ1) is 11.5. The van der Waals surface area contributed by atoms with E-state index in [1.54, 1.807) is 18.3 Å². The summed E-state index contributed by atoms with van der Waals surface area (Å²) in [5.41, 5.74) is 0.416. The Bertz CT molecular complexity index is 541. The fraction of sp³-hybridized carbons (Fsp3) is 0.200. The molecule has 17 heavy (non-hydrogen) atoms. The van der Waals surface area contributed by atoms with E-state index in [4.69, 9.17) is 21.2 Å². The molecule has 2 rings (SSSR count). The van der Waals surface area contributed by atoms with Crippen molar-refractivity contribution in [3.05, 3.63) is 29.2 Å². The van der Waals surface area contributed by atoms with Crippen LogP contribution in [-0.2, 0) is 11.2 Å².